The first kappa shape index (κ1) is 14.6. The molecule has 0 N–H and O–H groups in total. The molecule has 0 unspecified atom stereocenters. The van der Waals surface area contributed by atoms with E-state index in [2.05, 4.69) is 47.4 Å². The zero-order valence-corrected chi connectivity index (χ0v) is 13.1. The number of halogens is 1. The maximum atomic E-state index is 6.38. The lowest BCUT2D eigenvalue weighted by atomic mass is 9.95. The van der Waals surface area contributed by atoms with Crippen LogP contribution in [0.5, 0.6) is 0 Å². The Kier molecular flexibility index (Phi) is 4.95. The number of benzene rings is 2. The van der Waals surface area contributed by atoms with Crippen LogP contribution < -0.4 is 0 Å². The second-order valence-corrected chi connectivity index (χ2v) is 6.23. The molecule has 2 aromatic rings. The molecule has 1 heterocycles. The number of piperidine rings is 1. The third kappa shape index (κ3) is 3.66. The van der Waals surface area contributed by atoms with Gasteiger partial charge in [-0.3, -0.25) is 4.90 Å². The molecule has 0 spiro atoms. The number of hydrogen-bond acceptors (Lipinski definition) is 1. The average Bonchev–Trinajstić information content (AvgIpc) is 2.56. The van der Waals surface area contributed by atoms with Crippen LogP contribution in [0.2, 0.25) is 5.02 Å². The Bertz CT molecular complexity index is 561. The maximum absolute atomic E-state index is 6.38. The molecule has 1 saturated heterocycles. The van der Waals surface area contributed by atoms with E-state index in [4.69, 9.17) is 11.6 Å². The Hall–Kier alpha value is -1.31. The lowest BCUT2D eigenvalue weighted by Gasteiger charge is -2.35. The first-order chi connectivity index (χ1) is 10.3. The summed E-state index contributed by atoms with van der Waals surface area (Å²) in [7, 11) is 0. The SMILES string of the molecule is Clc1ccccc1C[C@@H](c1ccccc1)N1CCCCC1. The zero-order valence-electron chi connectivity index (χ0n) is 12.3. The van der Waals surface area contributed by atoms with Gasteiger partial charge in [-0.2, -0.15) is 0 Å². The molecular formula is C19H22ClN. The molecule has 0 aromatic heterocycles. The fraction of sp³-hybridized carbons (Fsp3) is 0.368. The van der Waals surface area contributed by atoms with E-state index < -0.39 is 0 Å². The third-order valence-corrected chi connectivity index (χ3v) is 4.76. The van der Waals surface area contributed by atoms with Crippen molar-refractivity contribution in [1.82, 2.24) is 4.90 Å². The fourth-order valence-corrected chi connectivity index (χ4v) is 3.45. The van der Waals surface area contributed by atoms with Crippen molar-refractivity contribution < 1.29 is 0 Å². The summed E-state index contributed by atoms with van der Waals surface area (Å²) >= 11 is 6.38. The van der Waals surface area contributed by atoms with Gasteiger partial charge < -0.3 is 0 Å². The lowest BCUT2D eigenvalue weighted by molar-refractivity contribution is 0.162. The molecule has 1 aliphatic rings. The number of hydrogen-bond donors (Lipinski definition) is 0. The molecule has 0 bridgehead atoms. The first-order valence-electron chi connectivity index (χ1n) is 7.87. The summed E-state index contributed by atoms with van der Waals surface area (Å²) in [4.78, 5) is 2.63. The Morgan fingerprint density at radius 2 is 1.52 bits per heavy atom. The highest BCUT2D eigenvalue weighted by molar-refractivity contribution is 6.31. The van der Waals surface area contributed by atoms with Crippen LogP contribution in [0.15, 0.2) is 54.6 Å². The molecule has 2 heteroatoms. The maximum Gasteiger partial charge on any atom is 0.0438 e. The predicted octanol–water partition coefficient (Wildman–Crippen LogP) is 5.11. The van der Waals surface area contributed by atoms with E-state index in [9.17, 15) is 0 Å². The van der Waals surface area contributed by atoms with Gasteiger partial charge in [-0.05, 0) is 49.5 Å². The molecule has 1 atom stereocenters. The zero-order chi connectivity index (χ0) is 14.5. The summed E-state index contributed by atoms with van der Waals surface area (Å²) < 4.78 is 0. The summed E-state index contributed by atoms with van der Waals surface area (Å²) in [5.74, 6) is 0. The van der Waals surface area contributed by atoms with Crippen molar-refractivity contribution in [1.29, 1.82) is 0 Å². The summed E-state index contributed by atoms with van der Waals surface area (Å²) in [6.07, 6.45) is 4.98. The third-order valence-electron chi connectivity index (χ3n) is 4.39. The van der Waals surface area contributed by atoms with Crippen molar-refractivity contribution >= 4 is 11.6 Å². The van der Waals surface area contributed by atoms with Crippen LogP contribution in [0.3, 0.4) is 0 Å². The van der Waals surface area contributed by atoms with Gasteiger partial charge in [-0.25, -0.2) is 0 Å². The van der Waals surface area contributed by atoms with Crippen LogP contribution in [0.1, 0.15) is 36.4 Å². The van der Waals surface area contributed by atoms with Gasteiger partial charge in [0.2, 0.25) is 0 Å². The second kappa shape index (κ2) is 7.11. The van der Waals surface area contributed by atoms with E-state index in [1.54, 1.807) is 0 Å². The smallest absolute Gasteiger partial charge is 0.0438 e. The molecule has 0 saturated carbocycles. The highest BCUT2D eigenvalue weighted by atomic mass is 35.5. The van der Waals surface area contributed by atoms with Crippen molar-refractivity contribution in [2.75, 3.05) is 13.1 Å². The molecule has 1 fully saturated rings. The molecule has 1 nitrogen and oxygen atoms in total. The standard InChI is InChI=1S/C19H22ClN/c20-18-12-6-5-11-17(18)15-19(16-9-3-1-4-10-16)21-13-7-2-8-14-21/h1,3-6,9-12,19H,2,7-8,13-15H2/t19-/m0/s1. The number of likely N-dealkylation sites (tertiary alicyclic amines) is 1. The highest BCUT2D eigenvalue weighted by Gasteiger charge is 2.23. The van der Waals surface area contributed by atoms with E-state index in [0.717, 1.165) is 11.4 Å². The second-order valence-electron chi connectivity index (χ2n) is 5.82. The van der Waals surface area contributed by atoms with Gasteiger partial charge in [-0.15, -0.1) is 0 Å². The van der Waals surface area contributed by atoms with Crippen molar-refractivity contribution in [2.24, 2.45) is 0 Å². The van der Waals surface area contributed by atoms with Crippen molar-refractivity contribution in [3.8, 4) is 0 Å². The van der Waals surface area contributed by atoms with Gasteiger partial charge in [0.1, 0.15) is 0 Å². The van der Waals surface area contributed by atoms with E-state index in [1.807, 2.05) is 12.1 Å². The van der Waals surface area contributed by atoms with Gasteiger partial charge in [0, 0.05) is 11.1 Å². The van der Waals surface area contributed by atoms with Gasteiger partial charge in [0.25, 0.3) is 0 Å². The Labute approximate surface area is 132 Å². The van der Waals surface area contributed by atoms with Crippen molar-refractivity contribution in [3.63, 3.8) is 0 Å². The number of nitrogens with zero attached hydrogens (tertiary/aromatic N) is 1. The molecule has 0 amide bonds. The van der Waals surface area contributed by atoms with Gasteiger partial charge in [0.05, 0.1) is 0 Å². The van der Waals surface area contributed by atoms with Gasteiger partial charge in [-0.1, -0.05) is 66.6 Å². The van der Waals surface area contributed by atoms with Crippen LogP contribution in [0.25, 0.3) is 0 Å². The van der Waals surface area contributed by atoms with E-state index in [-0.39, 0.29) is 0 Å². The summed E-state index contributed by atoms with van der Waals surface area (Å²) in [6.45, 7) is 2.40. The first-order valence-corrected chi connectivity index (χ1v) is 8.25. The number of rotatable bonds is 4. The van der Waals surface area contributed by atoms with E-state index in [1.165, 1.54) is 43.5 Å². The van der Waals surface area contributed by atoms with Gasteiger partial charge >= 0.3 is 0 Å². The van der Waals surface area contributed by atoms with Crippen LogP contribution in [-0.4, -0.2) is 18.0 Å². The van der Waals surface area contributed by atoms with E-state index in [0.29, 0.717) is 6.04 Å². The Morgan fingerprint density at radius 1 is 0.857 bits per heavy atom. The summed E-state index contributed by atoms with van der Waals surface area (Å²) in [6, 6.07) is 19.5. The normalized spacial score (nSPS) is 17.6. The van der Waals surface area contributed by atoms with Crippen LogP contribution in [0.4, 0.5) is 0 Å². The minimum atomic E-state index is 0.436. The quantitative estimate of drug-likeness (QED) is 0.758. The highest BCUT2D eigenvalue weighted by Crippen LogP contribution is 2.30. The van der Waals surface area contributed by atoms with E-state index >= 15 is 0 Å². The molecule has 2 aromatic carbocycles. The Balaban J connectivity index is 1.87. The van der Waals surface area contributed by atoms with Crippen LogP contribution >= 0.6 is 11.6 Å². The predicted molar refractivity (Wildman–Crippen MR) is 89.8 cm³/mol. The molecule has 110 valence electrons. The largest absolute Gasteiger partial charge is 0.296 e. The lowest BCUT2D eigenvalue weighted by Crippen LogP contribution is -2.34. The minimum Gasteiger partial charge on any atom is -0.296 e. The monoisotopic (exact) mass is 299 g/mol. The van der Waals surface area contributed by atoms with Crippen LogP contribution in [0, 0.1) is 0 Å². The van der Waals surface area contributed by atoms with Crippen LogP contribution in [-0.2, 0) is 6.42 Å². The summed E-state index contributed by atoms with van der Waals surface area (Å²) in [5.41, 5.74) is 2.65. The molecule has 3 rings (SSSR count). The molecule has 0 aliphatic carbocycles. The fourth-order valence-electron chi connectivity index (χ4n) is 3.24. The van der Waals surface area contributed by atoms with Crippen molar-refractivity contribution in [2.45, 2.75) is 31.7 Å². The topological polar surface area (TPSA) is 3.24 Å². The van der Waals surface area contributed by atoms with Crippen molar-refractivity contribution in [3.05, 3.63) is 70.7 Å². The Morgan fingerprint density at radius 3 is 2.24 bits per heavy atom. The molecular weight excluding hydrogens is 278 g/mol. The summed E-state index contributed by atoms with van der Waals surface area (Å²) in [5, 5.41) is 0.885. The average molecular weight is 300 g/mol. The molecule has 0 radical (unpaired) electrons. The van der Waals surface area contributed by atoms with Gasteiger partial charge in [0.15, 0.2) is 0 Å². The minimum absolute atomic E-state index is 0.436. The molecule has 1 aliphatic heterocycles. The molecule has 21 heavy (non-hydrogen) atoms.